The van der Waals surface area contributed by atoms with Crippen LogP contribution in [0, 0.1) is 6.92 Å². The van der Waals surface area contributed by atoms with Crippen molar-refractivity contribution in [3.63, 3.8) is 0 Å². The van der Waals surface area contributed by atoms with Crippen molar-refractivity contribution in [1.82, 2.24) is 0 Å². The van der Waals surface area contributed by atoms with Gasteiger partial charge >= 0.3 is 0 Å². The maximum Gasteiger partial charge on any atom is 0.256 e. The number of amides is 2. The molecule has 1 fully saturated rings. The van der Waals surface area contributed by atoms with Gasteiger partial charge in [0.2, 0.25) is 5.91 Å². The van der Waals surface area contributed by atoms with Crippen LogP contribution >= 0.6 is 0 Å². The average molecular weight is 448 g/mol. The Morgan fingerprint density at radius 2 is 1.91 bits per heavy atom. The lowest BCUT2D eigenvalue weighted by atomic mass is 9.98. The number of ether oxygens (including phenoxy) is 1. The smallest absolute Gasteiger partial charge is 0.256 e. The Morgan fingerprint density at radius 3 is 2.58 bits per heavy atom. The third-order valence-corrected chi connectivity index (χ3v) is 6.58. The van der Waals surface area contributed by atoms with Crippen LogP contribution in [0.2, 0.25) is 0 Å². The molecule has 174 valence electrons. The first kappa shape index (κ1) is 23.1. The lowest BCUT2D eigenvalue weighted by molar-refractivity contribution is -0.127. The van der Waals surface area contributed by atoms with Gasteiger partial charge in [0.25, 0.3) is 5.91 Å². The minimum atomic E-state index is -0.406. The van der Waals surface area contributed by atoms with Crippen LogP contribution in [-0.2, 0) is 14.3 Å². The Kier molecular flexibility index (Phi) is 6.56. The molecule has 6 nitrogen and oxygen atoms in total. The normalized spacial score (nSPS) is 19.9. The summed E-state index contributed by atoms with van der Waals surface area (Å²) in [5, 5.41) is 0. The zero-order chi connectivity index (χ0) is 23.7. The van der Waals surface area contributed by atoms with Gasteiger partial charge in [-0.15, -0.1) is 6.58 Å². The first-order chi connectivity index (χ1) is 15.8. The van der Waals surface area contributed by atoms with Gasteiger partial charge in [-0.3, -0.25) is 9.59 Å². The van der Waals surface area contributed by atoms with Gasteiger partial charge in [-0.05, 0) is 61.6 Å². The summed E-state index contributed by atoms with van der Waals surface area (Å²) >= 11 is 0. The summed E-state index contributed by atoms with van der Waals surface area (Å²) in [6.45, 7) is 11.3. The number of hydrogen-bond donors (Lipinski definition) is 0. The molecule has 0 bridgehead atoms. The molecule has 2 aliphatic rings. The van der Waals surface area contributed by atoms with E-state index >= 15 is 0 Å². The Balaban J connectivity index is 1.79. The van der Waals surface area contributed by atoms with Crippen molar-refractivity contribution in [2.45, 2.75) is 45.8 Å². The molecule has 0 N–H and O–H groups in total. The van der Waals surface area contributed by atoms with Gasteiger partial charge in [-0.2, -0.15) is 0 Å². The van der Waals surface area contributed by atoms with Crippen LogP contribution < -0.4 is 14.7 Å². The zero-order valence-electron chi connectivity index (χ0n) is 20.0. The van der Waals surface area contributed by atoms with Crippen molar-refractivity contribution in [3.05, 3.63) is 54.6 Å². The lowest BCUT2D eigenvalue weighted by Gasteiger charge is -2.41. The van der Waals surface area contributed by atoms with Crippen molar-refractivity contribution in [2.75, 3.05) is 41.4 Å². The molecule has 2 amide bonds. The van der Waals surface area contributed by atoms with E-state index in [0.29, 0.717) is 13.2 Å². The summed E-state index contributed by atoms with van der Waals surface area (Å²) in [5.41, 5.74) is 5.93. The van der Waals surface area contributed by atoms with Crippen molar-refractivity contribution >= 4 is 28.9 Å². The van der Waals surface area contributed by atoms with E-state index in [1.54, 1.807) is 11.8 Å². The predicted octanol–water partition coefficient (Wildman–Crippen LogP) is 4.55. The molecule has 2 atom stereocenters. The standard InChI is InChI=1S/C27H33N3O3/c1-6-13-28(5)24-15-21(10-9-18(24)2)22-11-12-23-25(16-22)29(17-19(3)30(23)20(4)31)27(32)26-8-7-14-33-26/h6,9-12,15-16,19,26H,1,7-8,13-14,17H2,2-5H3/t19-,26?/m0/s1. The van der Waals surface area contributed by atoms with E-state index in [4.69, 9.17) is 4.74 Å². The van der Waals surface area contributed by atoms with Crippen molar-refractivity contribution in [2.24, 2.45) is 0 Å². The fourth-order valence-electron chi connectivity index (χ4n) is 4.93. The Morgan fingerprint density at radius 1 is 1.18 bits per heavy atom. The molecule has 0 saturated carbocycles. The highest BCUT2D eigenvalue weighted by atomic mass is 16.5. The van der Waals surface area contributed by atoms with Gasteiger partial charge in [-0.25, -0.2) is 0 Å². The number of hydrogen-bond acceptors (Lipinski definition) is 4. The second kappa shape index (κ2) is 9.40. The predicted molar refractivity (Wildman–Crippen MR) is 134 cm³/mol. The third-order valence-electron chi connectivity index (χ3n) is 6.58. The Hall–Kier alpha value is -3.12. The van der Waals surface area contributed by atoms with Crippen molar-refractivity contribution in [3.8, 4) is 11.1 Å². The minimum Gasteiger partial charge on any atom is -0.371 e. The first-order valence-electron chi connectivity index (χ1n) is 11.6. The van der Waals surface area contributed by atoms with Crippen LogP contribution in [0.15, 0.2) is 49.1 Å². The highest BCUT2D eigenvalue weighted by Gasteiger charge is 2.37. The monoisotopic (exact) mass is 447 g/mol. The van der Waals surface area contributed by atoms with Crippen LogP contribution in [0.25, 0.3) is 11.1 Å². The molecule has 1 unspecified atom stereocenters. The molecule has 2 aliphatic heterocycles. The molecule has 0 spiro atoms. The maximum absolute atomic E-state index is 13.4. The molecular weight excluding hydrogens is 414 g/mol. The van der Waals surface area contributed by atoms with Gasteiger partial charge < -0.3 is 19.4 Å². The first-order valence-corrected chi connectivity index (χ1v) is 11.6. The van der Waals surface area contributed by atoms with Crippen molar-refractivity contribution in [1.29, 1.82) is 0 Å². The summed E-state index contributed by atoms with van der Waals surface area (Å²) < 4.78 is 5.70. The number of aryl methyl sites for hydroxylation is 1. The molecule has 6 heteroatoms. The van der Waals surface area contributed by atoms with E-state index in [9.17, 15) is 9.59 Å². The summed E-state index contributed by atoms with van der Waals surface area (Å²) in [6.07, 6.45) is 3.12. The number of carbonyl (C=O) groups is 2. The molecule has 33 heavy (non-hydrogen) atoms. The quantitative estimate of drug-likeness (QED) is 0.631. The van der Waals surface area contributed by atoms with Gasteiger partial charge in [0.05, 0.1) is 17.4 Å². The average Bonchev–Trinajstić information content (AvgIpc) is 3.33. The molecular formula is C27H33N3O3. The zero-order valence-corrected chi connectivity index (χ0v) is 20.0. The lowest BCUT2D eigenvalue weighted by Crippen LogP contribution is -2.53. The Labute approximate surface area is 196 Å². The number of rotatable bonds is 5. The summed E-state index contributed by atoms with van der Waals surface area (Å²) in [4.78, 5) is 31.6. The van der Waals surface area contributed by atoms with Gasteiger partial charge in [0.1, 0.15) is 6.10 Å². The number of benzene rings is 2. The third kappa shape index (κ3) is 4.40. The molecule has 2 aromatic carbocycles. The largest absolute Gasteiger partial charge is 0.371 e. The molecule has 2 aromatic rings. The van der Waals surface area contributed by atoms with Gasteiger partial charge in [0.15, 0.2) is 0 Å². The van der Waals surface area contributed by atoms with Crippen LogP contribution in [0.3, 0.4) is 0 Å². The van der Waals surface area contributed by atoms with E-state index in [2.05, 4.69) is 43.6 Å². The fraction of sp³-hybridized carbons (Fsp3) is 0.407. The SMILES string of the molecule is C=CCN(C)c1cc(-c2ccc3c(c2)N(C(=O)C2CCCO2)C[C@H](C)N3C(C)=O)ccc1C. The molecule has 2 heterocycles. The summed E-state index contributed by atoms with van der Waals surface area (Å²) in [6, 6.07) is 12.3. The van der Waals surface area contributed by atoms with E-state index in [-0.39, 0.29) is 17.9 Å². The number of likely N-dealkylation sites (N-methyl/N-ethyl adjacent to an activating group) is 1. The number of fused-ring (bicyclic) bond motifs is 1. The van der Waals surface area contributed by atoms with Crippen molar-refractivity contribution < 1.29 is 14.3 Å². The van der Waals surface area contributed by atoms with E-state index < -0.39 is 6.10 Å². The van der Waals surface area contributed by atoms with Crippen LogP contribution in [0.5, 0.6) is 0 Å². The van der Waals surface area contributed by atoms with E-state index in [1.807, 2.05) is 36.1 Å². The highest BCUT2D eigenvalue weighted by Crippen LogP contribution is 2.40. The maximum atomic E-state index is 13.4. The number of nitrogens with zero attached hydrogens (tertiary/aromatic N) is 3. The fourth-order valence-corrected chi connectivity index (χ4v) is 4.93. The Bertz CT molecular complexity index is 1070. The number of carbonyl (C=O) groups excluding carboxylic acids is 2. The van der Waals surface area contributed by atoms with Crippen LogP contribution in [0.4, 0.5) is 17.1 Å². The summed E-state index contributed by atoms with van der Waals surface area (Å²) in [7, 11) is 2.05. The second-order valence-corrected chi connectivity index (χ2v) is 9.06. The topological polar surface area (TPSA) is 53.1 Å². The molecule has 0 aliphatic carbocycles. The van der Waals surface area contributed by atoms with Crippen LogP contribution in [-0.4, -0.2) is 50.7 Å². The molecule has 1 saturated heterocycles. The minimum absolute atomic E-state index is 0.0173. The van der Waals surface area contributed by atoms with E-state index in [0.717, 1.165) is 47.6 Å². The van der Waals surface area contributed by atoms with Gasteiger partial charge in [-0.1, -0.05) is 24.3 Å². The van der Waals surface area contributed by atoms with Crippen LogP contribution in [0.1, 0.15) is 32.3 Å². The van der Waals surface area contributed by atoms with Gasteiger partial charge in [0, 0.05) is 39.4 Å². The molecule has 4 rings (SSSR count). The number of anilines is 3. The second-order valence-electron chi connectivity index (χ2n) is 9.06. The highest BCUT2D eigenvalue weighted by molar-refractivity contribution is 6.06. The van der Waals surface area contributed by atoms with E-state index in [1.165, 1.54) is 5.56 Å². The summed E-state index contributed by atoms with van der Waals surface area (Å²) in [5.74, 6) is -0.0411. The molecule has 0 aromatic heterocycles. The molecule has 0 radical (unpaired) electrons.